The standard InChI is InChI=1S/C11H20O3/c1-6-13-8-9(11(3,4)5)10(12)14-7-2/h8H,6-7H2,1-5H3/b9-8-. The number of carbonyl (C=O) groups excluding carboxylic acids is 1. The van der Waals surface area contributed by atoms with E-state index in [-0.39, 0.29) is 11.4 Å². The van der Waals surface area contributed by atoms with E-state index in [1.54, 1.807) is 6.92 Å². The van der Waals surface area contributed by atoms with Gasteiger partial charge in [0.05, 0.1) is 25.0 Å². The predicted molar refractivity (Wildman–Crippen MR) is 55.8 cm³/mol. The monoisotopic (exact) mass is 200 g/mol. The highest BCUT2D eigenvalue weighted by Gasteiger charge is 2.25. The van der Waals surface area contributed by atoms with Gasteiger partial charge in [0, 0.05) is 0 Å². The molecule has 3 heteroatoms. The lowest BCUT2D eigenvalue weighted by atomic mass is 9.87. The third-order valence-electron chi connectivity index (χ3n) is 1.67. The molecule has 0 saturated heterocycles. The molecule has 0 aromatic heterocycles. The van der Waals surface area contributed by atoms with Crippen molar-refractivity contribution in [2.45, 2.75) is 34.6 Å². The van der Waals surface area contributed by atoms with E-state index in [0.717, 1.165) is 0 Å². The van der Waals surface area contributed by atoms with Crippen LogP contribution in [0, 0.1) is 5.41 Å². The van der Waals surface area contributed by atoms with E-state index in [9.17, 15) is 4.79 Å². The van der Waals surface area contributed by atoms with Gasteiger partial charge in [-0.15, -0.1) is 0 Å². The van der Waals surface area contributed by atoms with Gasteiger partial charge in [-0.3, -0.25) is 0 Å². The van der Waals surface area contributed by atoms with Gasteiger partial charge in [-0.2, -0.15) is 0 Å². The fourth-order valence-corrected chi connectivity index (χ4v) is 0.907. The number of ether oxygens (including phenoxy) is 2. The van der Waals surface area contributed by atoms with Crippen LogP contribution in [-0.2, 0) is 14.3 Å². The number of esters is 1. The third kappa shape index (κ3) is 4.30. The maximum atomic E-state index is 11.5. The first-order chi connectivity index (χ1) is 6.43. The Kier molecular flexibility index (Phi) is 5.28. The third-order valence-corrected chi connectivity index (χ3v) is 1.67. The molecule has 3 nitrogen and oxygen atoms in total. The Bertz CT molecular complexity index is 211. The van der Waals surface area contributed by atoms with Crippen LogP contribution in [0.1, 0.15) is 34.6 Å². The van der Waals surface area contributed by atoms with Gasteiger partial charge in [-0.25, -0.2) is 4.79 Å². The second-order valence-electron chi connectivity index (χ2n) is 3.96. The minimum absolute atomic E-state index is 0.249. The average Bonchev–Trinajstić information content (AvgIpc) is 2.03. The van der Waals surface area contributed by atoms with Gasteiger partial charge in [0.1, 0.15) is 0 Å². The summed E-state index contributed by atoms with van der Waals surface area (Å²) in [5.41, 5.74) is 0.322. The SMILES string of the molecule is CCO/C=C(/C(=O)OCC)C(C)(C)C. The molecule has 0 saturated carbocycles. The molecule has 0 aliphatic carbocycles. The van der Waals surface area contributed by atoms with Crippen molar-refractivity contribution in [2.75, 3.05) is 13.2 Å². The summed E-state index contributed by atoms with van der Waals surface area (Å²) < 4.78 is 10.1. The quantitative estimate of drug-likeness (QED) is 0.397. The van der Waals surface area contributed by atoms with Crippen LogP contribution >= 0.6 is 0 Å². The predicted octanol–water partition coefficient (Wildman–Crippen LogP) is 2.52. The molecule has 0 spiro atoms. The molecule has 0 aromatic carbocycles. The van der Waals surface area contributed by atoms with Crippen molar-refractivity contribution in [3.8, 4) is 0 Å². The highest BCUT2D eigenvalue weighted by Crippen LogP contribution is 2.26. The summed E-state index contributed by atoms with van der Waals surface area (Å²) in [6, 6.07) is 0. The summed E-state index contributed by atoms with van der Waals surface area (Å²) in [4.78, 5) is 11.5. The summed E-state index contributed by atoms with van der Waals surface area (Å²) >= 11 is 0. The summed E-state index contributed by atoms with van der Waals surface area (Å²) in [7, 11) is 0. The fraction of sp³-hybridized carbons (Fsp3) is 0.727. The topological polar surface area (TPSA) is 35.5 Å². The fourth-order valence-electron chi connectivity index (χ4n) is 0.907. The molecule has 0 N–H and O–H groups in total. The molecule has 0 aliphatic rings. The lowest BCUT2D eigenvalue weighted by molar-refractivity contribution is -0.139. The van der Waals surface area contributed by atoms with E-state index in [1.807, 2.05) is 27.7 Å². The Hall–Kier alpha value is -0.990. The van der Waals surface area contributed by atoms with Crippen molar-refractivity contribution in [3.05, 3.63) is 11.8 Å². The van der Waals surface area contributed by atoms with Crippen molar-refractivity contribution >= 4 is 5.97 Å². The molecule has 0 heterocycles. The first kappa shape index (κ1) is 13.0. The van der Waals surface area contributed by atoms with Crippen LogP contribution in [0.3, 0.4) is 0 Å². The van der Waals surface area contributed by atoms with Crippen molar-refractivity contribution in [2.24, 2.45) is 5.41 Å². The zero-order valence-electron chi connectivity index (χ0n) is 9.72. The second-order valence-corrected chi connectivity index (χ2v) is 3.96. The van der Waals surface area contributed by atoms with Crippen molar-refractivity contribution < 1.29 is 14.3 Å². The number of hydrogen-bond donors (Lipinski definition) is 0. The van der Waals surface area contributed by atoms with E-state index in [0.29, 0.717) is 18.8 Å². The summed E-state index contributed by atoms with van der Waals surface area (Å²) in [6.45, 7) is 10.5. The minimum atomic E-state index is -0.298. The van der Waals surface area contributed by atoms with Crippen LogP contribution in [0.5, 0.6) is 0 Å². The van der Waals surface area contributed by atoms with E-state index in [2.05, 4.69) is 0 Å². The zero-order valence-corrected chi connectivity index (χ0v) is 9.72. The van der Waals surface area contributed by atoms with Gasteiger partial charge in [-0.05, 0) is 19.3 Å². The highest BCUT2D eigenvalue weighted by atomic mass is 16.5. The molecule has 0 aromatic rings. The Morgan fingerprint density at radius 2 is 1.79 bits per heavy atom. The Morgan fingerprint density at radius 3 is 2.14 bits per heavy atom. The Morgan fingerprint density at radius 1 is 1.21 bits per heavy atom. The summed E-state index contributed by atoms with van der Waals surface area (Å²) in [6.07, 6.45) is 1.50. The first-order valence-corrected chi connectivity index (χ1v) is 4.92. The van der Waals surface area contributed by atoms with Crippen molar-refractivity contribution in [1.29, 1.82) is 0 Å². The molecular formula is C11H20O3. The molecule has 14 heavy (non-hydrogen) atoms. The van der Waals surface area contributed by atoms with Gasteiger partial charge in [0.2, 0.25) is 0 Å². The highest BCUT2D eigenvalue weighted by molar-refractivity contribution is 5.89. The lowest BCUT2D eigenvalue weighted by Crippen LogP contribution is -2.20. The van der Waals surface area contributed by atoms with Crippen molar-refractivity contribution in [3.63, 3.8) is 0 Å². The molecule has 82 valence electrons. The number of rotatable bonds is 4. The van der Waals surface area contributed by atoms with Gasteiger partial charge in [0.15, 0.2) is 0 Å². The number of hydrogen-bond acceptors (Lipinski definition) is 3. The molecule has 0 amide bonds. The Labute approximate surface area is 86.1 Å². The first-order valence-electron chi connectivity index (χ1n) is 4.92. The molecule has 0 radical (unpaired) electrons. The van der Waals surface area contributed by atoms with Crippen LogP contribution in [0.2, 0.25) is 0 Å². The maximum absolute atomic E-state index is 11.5. The second kappa shape index (κ2) is 5.68. The Balaban J connectivity index is 4.64. The van der Waals surface area contributed by atoms with Gasteiger partial charge in [-0.1, -0.05) is 20.8 Å². The van der Waals surface area contributed by atoms with Crippen LogP contribution in [0.25, 0.3) is 0 Å². The molecule has 0 aliphatic heterocycles. The van der Waals surface area contributed by atoms with Crippen LogP contribution < -0.4 is 0 Å². The van der Waals surface area contributed by atoms with Crippen LogP contribution in [-0.4, -0.2) is 19.2 Å². The number of carbonyl (C=O) groups is 1. The average molecular weight is 200 g/mol. The normalized spacial score (nSPS) is 12.5. The molecule has 0 rings (SSSR count). The van der Waals surface area contributed by atoms with E-state index >= 15 is 0 Å². The molecule has 0 atom stereocenters. The maximum Gasteiger partial charge on any atom is 0.337 e. The van der Waals surface area contributed by atoms with Gasteiger partial charge < -0.3 is 9.47 Å². The smallest absolute Gasteiger partial charge is 0.337 e. The van der Waals surface area contributed by atoms with Crippen LogP contribution in [0.4, 0.5) is 0 Å². The van der Waals surface area contributed by atoms with Crippen molar-refractivity contribution in [1.82, 2.24) is 0 Å². The molecular weight excluding hydrogens is 180 g/mol. The lowest BCUT2D eigenvalue weighted by Gasteiger charge is -2.20. The van der Waals surface area contributed by atoms with E-state index in [4.69, 9.17) is 9.47 Å². The van der Waals surface area contributed by atoms with Gasteiger partial charge in [0.25, 0.3) is 0 Å². The van der Waals surface area contributed by atoms with Crippen LogP contribution in [0.15, 0.2) is 11.8 Å². The largest absolute Gasteiger partial charge is 0.501 e. The minimum Gasteiger partial charge on any atom is -0.501 e. The molecule has 0 unspecified atom stereocenters. The van der Waals surface area contributed by atoms with E-state index < -0.39 is 0 Å². The molecule has 0 bridgehead atoms. The summed E-state index contributed by atoms with van der Waals surface area (Å²) in [5, 5.41) is 0. The van der Waals surface area contributed by atoms with Gasteiger partial charge >= 0.3 is 5.97 Å². The van der Waals surface area contributed by atoms with E-state index in [1.165, 1.54) is 6.26 Å². The molecule has 0 fully saturated rings. The zero-order chi connectivity index (χ0) is 11.2. The summed E-state index contributed by atoms with van der Waals surface area (Å²) in [5.74, 6) is -0.298.